The van der Waals surface area contributed by atoms with Crippen molar-refractivity contribution in [2.45, 2.75) is 38.5 Å². The van der Waals surface area contributed by atoms with Crippen LogP contribution in [0.1, 0.15) is 31.7 Å². The van der Waals surface area contributed by atoms with E-state index in [0.29, 0.717) is 17.4 Å². The molecule has 3 rings (SSSR count). The monoisotopic (exact) mass is 261 g/mol. The Balaban J connectivity index is 2.01. The summed E-state index contributed by atoms with van der Waals surface area (Å²) in [4.78, 5) is 4.47. The summed E-state index contributed by atoms with van der Waals surface area (Å²) >= 11 is 0. The lowest BCUT2D eigenvalue weighted by atomic mass is 9.82. The van der Waals surface area contributed by atoms with E-state index in [1.54, 1.807) is 6.92 Å². The molecular formula is C14H19N3O2. The standard InChI is InChI=1S/C14H19N3O2/c1-8(18)14-16-12-6-10(15)2-3-13(12)17(14)7-9-4-11(19)5-9/h2-3,6,8-9,11,18-19H,4-5,7,15H2,1H3. The minimum Gasteiger partial charge on any atom is -0.399 e. The van der Waals surface area contributed by atoms with Crippen molar-refractivity contribution < 1.29 is 10.2 Å². The third-order valence-electron chi connectivity index (χ3n) is 3.83. The molecule has 1 aliphatic carbocycles. The van der Waals surface area contributed by atoms with Crippen molar-refractivity contribution in [2.75, 3.05) is 5.73 Å². The fourth-order valence-electron chi connectivity index (χ4n) is 2.78. The van der Waals surface area contributed by atoms with Gasteiger partial charge in [-0.15, -0.1) is 0 Å². The number of nitrogens with zero attached hydrogens (tertiary/aromatic N) is 2. The Hall–Kier alpha value is -1.59. The number of nitrogen functional groups attached to an aromatic ring is 1. The highest BCUT2D eigenvalue weighted by Gasteiger charge is 2.29. The van der Waals surface area contributed by atoms with Gasteiger partial charge < -0.3 is 20.5 Å². The lowest BCUT2D eigenvalue weighted by Crippen LogP contribution is -2.32. The molecule has 5 nitrogen and oxygen atoms in total. The summed E-state index contributed by atoms with van der Waals surface area (Å²) in [6.45, 7) is 2.51. The van der Waals surface area contributed by atoms with E-state index in [1.165, 1.54) is 0 Å². The number of benzene rings is 1. The van der Waals surface area contributed by atoms with Crippen LogP contribution in [-0.4, -0.2) is 25.9 Å². The molecule has 1 aromatic heterocycles. The van der Waals surface area contributed by atoms with Crippen molar-refractivity contribution in [3.05, 3.63) is 24.0 Å². The molecule has 0 spiro atoms. The number of hydrogen-bond acceptors (Lipinski definition) is 4. The highest BCUT2D eigenvalue weighted by Crippen LogP contribution is 2.31. The predicted molar refractivity (Wildman–Crippen MR) is 73.5 cm³/mol. The van der Waals surface area contributed by atoms with E-state index in [4.69, 9.17) is 5.73 Å². The van der Waals surface area contributed by atoms with Gasteiger partial charge in [-0.25, -0.2) is 4.98 Å². The van der Waals surface area contributed by atoms with Gasteiger partial charge in [0.2, 0.25) is 0 Å². The van der Waals surface area contributed by atoms with Crippen LogP contribution >= 0.6 is 0 Å². The largest absolute Gasteiger partial charge is 0.399 e. The number of aliphatic hydroxyl groups is 2. The molecule has 0 radical (unpaired) electrons. The molecule has 1 heterocycles. The molecule has 1 unspecified atom stereocenters. The van der Waals surface area contributed by atoms with Gasteiger partial charge in [-0.2, -0.15) is 0 Å². The third kappa shape index (κ3) is 2.19. The van der Waals surface area contributed by atoms with Crippen LogP contribution < -0.4 is 5.73 Å². The van der Waals surface area contributed by atoms with Gasteiger partial charge in [-0.1, -0.05) is 0 Å². The van der Waals surface area contributed by atoms with Crippen molar-refractivity contribution in [2.24, 2.45) is 5.92 Å². The number of fused-ring (bicyclic) bond motifs is 1. The summed E-state index contributed by atoms with van der Waals surface area (Å²) < 4.78 is 2.05. The van der Waals surface area contributed by atoms with Crippen molar-refractivity contribution in [1.82, 2.24) is 9.55 Å². The second-order valence-electron chi connectivity index (χ2n) is 5.50. The van der Waals surface area contributed by atoms with Crippen molar-refractivity contribution >= 4 is 16.7 Å². The summed E-state index contributed by atoms with van der Waals surface area (Å²) in [6.07, 6.45) is 0.881. The van der Waals surface area contributed by atoms with E-state index in [1.807, 2.05) is 18.2 Å². The molecule has 0 bridgehead atoms. The molecule has 102 valence electrons. The highest BCUT2D eigenvalue weighted by atomic mass is 16.3. The van der Waals surface area contributed by atoms with E-state index in [9.17, 15) is 10.2 Å². The summed E-state index contributed by atoms with van der Waals surface area (Å²) in [6, 6.07) is 5.62. The Kier molecular flexibility index (Phi) is 2.95. The van der Waals surface area contributed by atoms with E-state index in [2.05, 4.69) is 9.55 Å². The quantitative estimate of drug-likeness (QED) is 0.730. The number of rotatable bonds is 3. The second kappa shape index (κ2) is 4.51. The zero-order chi connectivity index (χ0) is 13.6. The number of nitrogens with two attached hydrogens (primary N) is 1. The molecule has 0 aliphatic heterocycles. The van der Waals surface area contributed by atoms with Gasteiger partial charge in [0, 0.05) is 12.2 Å². The molecular weight excluding hydrogens is 242 g/mol. The van der Waals surface area contributed by atoms with Crippen LogP contribution in [0, 0.1) is 5.92 Å². The number of imidazole rings is 1. The van der Waals surface area contributed by atoms with Gasteiger partial charge in [0.1, 0.15) is 11.9 Å². The van der Waals surface area contributed by atoms with Crippen LogP contribution in [0.25, 0.3) is 11.0 Å². The molecule has 1 atom stereocenters. The van der Waals surface area contributed by atoms with Crippen molar-refractivity contribution in [3.63, 3.8) is 0 Å². The van der Waals surface area contributed by atoms with E-state index in [-0.39, 0.29) is 6.10 Å². The maximum absolute atomic E-state index is 9.87. The maximum atomic E-state index is 9.87. The Morgan fingerprint density at radius 1 is 1.47 bits per heavy atom. The van der Waals surface area contributed by atoms with Gasteiger partial charge in [0.25, 0.3) is 0 Å². The lowest BCUT2D eigenvalue weighted by Gasteiger charge is -2.32. The average molecular weight is 261 g/mol. The lowest BCUT2D eigenvalue weighted by molar-refractivity contribution is 0.0344. The predicted octanol–water partition coefficient (Wildman–Crippen LogP) is 1.44. The van der Waals surface area contributed by atoms with Gasteiger partial charge in [-0.05, 0) is 43.9 Å². The fraction of sp³-hybridized carbons (Fsp3) is 0.500. The number of aliphatic hydroxyl groups excluding tert-OH is 2. The molecule has 1 aliphatic rings. The van der Waals surface area contributed by atoms with E-state index >= 15 is 0 Å². The number of aromatic nitrogens is 2. The van der Waals surface area contributed by atoms with Gasteiger partial charge in [0.05, 0.1) is 17.1 Å². The van der Waals surface area contributed by atoms with Crippen LogP contribution in [0.2, 0.25) is 0 Å². The maximum Gasteiger partial charge on any atom is 0.138 e. The molecule has 0 amide bonds. The minimum absolute atomic E-state index is 0.162. The van der Waals surface area contributed by atoms with Crippen molar-refractivity contribution in [1.29, 1.82) is 0 Å². The highest BCUT2D eigenvalue weighted by molar-refractivity contribution is 5.79. The van der Waals surface area contributed by atoms with Gasteiger partial charge in [0.15, 0.2) is 0 Å². The average Bonchev–Trinajstić information content (AvgIpc) is 2.65. The SMILES string of the molecule is CC(O)c1nc2cc(N)ccc2n1CC1CC(O)C1. The van der Waals surface area contributed by atoms with Crippen molar-refractivity contribution in [3.8, 4) is 0 Å². The third-order valence-corrected chi connectivity index (χ3v) is 3.83. The first-order chi connectivity index (χ1) is 9.04. The summed E-state index contributed by atoms with van der Waals surface area (Å²) in [5, 5.41) is 19.3. The van der Waals surface area contributed by atoms with E-state index < -0.39 is 6.10 Å². The van der Waals surface area contributed by atoms with Crippen LogP contribution in [0.15, 0.2) is 18.2 Å². The summed E-state index contributed by atoms with van der Waals surface area (Å²) in [5.41, 5.74) is 8.25. The molecule has 2 aromatic rings. The first-order valence-corrected chi connectivity index (χ1v) is 6.66. The van der Waals surface area contributed by atoms with E-state index in [0.717, 1.165) is 30.4 Å². The zero-order valence-electron chi connectivity index (χ0n) is 11.0. The number of hydrogen-bond donors (Lipinski definition) is 3. The molecule has 0 saturated heterocycles. The number of anilines is 1. The Bertz CT molecular complexity index is 600. The molecule has 4 N–H and O–H groups in total. The second-order valence-corrected chi connectivity index (χ2v) is 5.50. The molecule has 1 fully saturated rings. The van der Waals surface area contributed by atoms with Crippen LogP contribution in [0.4, 0.5) is 5.69 Å². The molecule has 19 heavy (non-hydrogen) atoms. The first-order valence-electron chi connectivity index (χ1n) is 6.66. The Morgan fingerprint density at radius 3 is 2.84 bits per heavy atom. The summed E-state index contributed by atoms with van der Waals surface area (Å²) in [7, 11) is 0. The first kappa shape index (κ1) is 12.4. The van der Waals surface area contributed by atoms with Crippen LogP contribution in [-0.2, 0) is 6.54 Å². The minimum atomic E-state index is -0.612. The van der Waals surface area contributed by atoms with Crippen LogP contribution in [0.5, 0.6) is 0 Å². The molecule has 1 aromatic carbocycles. The Labute approximate surface area is 111 Å². The molecule has 5 heteroatoms. The van der Waals surface area contributed by atoms with Crippen LogP contribution in [0.3, 0.4) is 0 Å². The van der Waals surface area contributed by atoms with Gasteiger partial charge >= 0.3 is 0 Å². The fourth-order valence-corrected chi connectivity index (χ4v) is 2.78. The topological polar surface area (TPSA) is 84.3 Å². The van der Waals surface area contributed by atoms with Gasteiger partial charge in [-0.3, -0.25) is 0 Å². The normalized spacial score (nSPS) is 24.4. The summed E-state index contributed by atoms with van der Waals surface area (Å²) in [5.74, 6) is 1.13. The zero-order valence-corrected chi connectivity index (χ0v) is 11.0. The Morgan fingerprint density at radius 2 is 2.21 bits per heavy atom. The smallest absolute Gasteiger partial charge is 0.138 e. The molecule has 1 saturated carbocycles.